The highest BCUT2D eigenvalue weighted by Crippen LogP contribution is 2.18. The molecule has 100 valence electrons. The third kappa shape index (κ3) is 5.01. The van der Waals surface area contributed by atoms with Gasteiger partial charge in [-0.2, -0.15) is 0 Å². The van der Waals surface area contributed by atoms with Crippen LogP contribution in [0.1, 0.15) is 48.7 Å². The van der Waals surface area contributed by atoms with Crippen molar-refractivity contribution < 1.29 is 9.53 Å². The summed E-state index contributed by atoms with van der Waals surface area (Å²) in [7, 11) is 0. The number of Topliss-reactive ketones (excluding diaryl/α,β-unsaturated/α-hetero) is 1. The minimum absolute atomic E-state index is 0.0620. The number of carbonyl (C=O) groups excluding carboxylic acids is 1. The van der Waals surface area contributed by atoms with E-state index in [0.29, 0.717) is 6.61 Å². The van der Waals surface area contributed by atoms with Gasteiger partial charge in [0.1, 0.15) is 6.61 Å². The summed E-state index contributed by atoms with van der Waals surface area (Å²) in [6.07, 6.45) is 0.965. The first kappa shape index (κ1) is 14.9. The van der Waals surface area contributed by atoms with Crippen molar-refractivity contribution >= 4 is 5.78 Å². The number of rotatable bonds is 5. The highest BCUT2D eigenvalue weighted by Gasteiger charge is 2.11. The number of carbonyl (C=O) groups is 1. The van der Waals surface area contributed by atoms with Gasteiger partial charge in [0.15, 0.2) is 5.78 Å². The first-order valence-electron chi connectivity index (χ1n) is 6.48. The molecule has 1 rings (SSSR count). The van der Waals surface area contributed by atoms with Gasteiger partial charge < -0.3 is 4.74 Å². The molecule has 1 aromatic rings. The normalized spacial score (nSPS) is 11.6. The monoisotopic (exact) mass is 248 g/mol. The van der Waals surface area contributed by atoms with Gasteiger partial charge in [-0.25, -0.2) is 0 Å². The van der Waals surface area contributed by atoms with E-state index in [9.17, 15) is 4.79 Å². The molecular formula is C16H24O2. The second-order valence-corrected chi connectivity index (χ2v) is 6.09. The van der Waals surface area contributed by atoms with Crippen LogP contribution in [0, 0.1) is 19.3 Å². The summed E-state index contributed by atoms with van der Waals surface area (Å²) in [5.74, 6) is 0.0620. The van der Waals surface area contributed by atoms with Crippen molar-refractivity contribution in [1.29, 1.82) is 0 Å². The molecule has 0 atom stereocenters. The van der Waals surface area contributed by atoms with Crippen molar-refractivity contribution in [3.63, 3.8) is 0 Å². The smallest absolute Gasteiger partial charge is 0.188 e. The Hall–Kier alpha value is -1.15. The molecule has 0 amide bonds. The van der Waals surface area contributed by atoms with E-state index in [1.54, 1.807) is 0 Å². The van der Waals surface area contributed by atoms with Crippen molar-refractivity contribution in [3.05, 3.63) is 34.9 Å². The molecular weight excluding hydrogens is 224 g/mol. The predicted molar refractivity (Wildman–Crippen MR) is 75.1 cm³/mol. The molecule has 0 bridgehead atoms. The molecule has 18 heavy (non-hydrogen) atoms. The summed E-state index contributed by atoms with van der Waals surface area (Å²) in [5, 5.41) is 0. The van der Waals surface area contributed by atoms with Crippen LogP contribution in [-0.2, 0) is 4.74 Å². The van der Waals surface area contributed by atoms with Gasteiger partial charge in [0.05, 0.1) is 0 Å². The Morgan fingerprint density at radius 2 is 1.83 bits per heavy atom. The van der Waals surface area contributed by atoms with Crippen LogP contribution in [0.5, 0.6) is 0 Å². The van der Waals surface area contributed by atoms with Gasteiger partial charge in [0.25, 0.3) is 0 Å². The van der Waals surface area contributed by atoms with E-state index in [4.69, 9.17) is 4.74 Å². The number of ether oxygens (including phenoxy) is 1. The lowest BCUT2D eigenvalue weighted by Gasteiger charge is -2.17. The summed E-state index contributed by atoms with van der Waals surface area (Å²) in [4.78, 5) is 11.9. The zero-order chi connectivity index (χ0) is 13.8. The van der Waals surface area contributed by atoms with Gasteiger partial charge >= 0.3 is 0 Å². The number of hydrogen-bond acceptors (Lipinski definition) is 2. The summed E-state index contributed by atoms with van der Waals surface area (Å²) in [6.45, 7) is 11.4. The summed E-state index contributed by atoms with van der Waals surface area (Å²) < 4.78 is 5.45. The van der Waals surface area contributed by atoms with Crippen molar-refractivity contribution in [2.75, 3.05) is 13.2 Å². The van der Waals surface area contributed by atoms with Crippen LogP contribution >= 0.6 is 0 Å². The van der Waals surface area contributed by atoms with Crippen LogP contribution < -0.4 is 0 Å². The van der Waals surface area contributed by atoms with Crippen molar-refractivity contribution in [1.82, 2.24) is 0 Å². The van der Waals surface area contributed by atoms with E-state index in [1.165, 1.54) is 5.56 Å². The third-order valence-corrected chi connectivity index (χ3v) is 3.06. The molecule has 0 N–H and O–H groups in total. The molecule has 0 saturated carbocycles. The molecule has 0 aromatic heterocycles. The molecule has 0 unspecified atom stereocenters. The Kier molecular flexibility index (Phi) is 5.09. The van der Waals surface area contributed by atoms with E-state index < -0.39 is 0 Å². The summed E-state index contributed by atoms with van der Waals surface area (Å²) in [5.41, 5.74) is 3.35. The maximum absolute atomic E-state index is 11.9. The second kappa shape index (κ2) is 6.14. The van der Waals surface area contributed by atoms with Crippen LogP contribution in [0.4, 0.5) is 0 Å². The molecule has 0 radical (unpaired) electrons. The lowest BCUT2D eigenvalue weighted by Crippen LogP contribution is -2.14. The zero-order valence-corrected chi connectivity index (χ0v) is 12.2. The van der Waals surface area contributed by atoms with E-state index in [-0.39, 0.29) is 17.8 Å². The first-order valence-corrected chi connectivity index (χ1v) is 6.48. The fraction of sp³-hybridized carbons (Fsp3) is 0.562. The number of ketones is 1. The Labute approximate surface area is 110 Å². The van der Waals surface area contributed by atoms with Crippen molar-refractivity contribution in [3.8, 4) is 0 Å². The standard InChI is InChI=1S/C16H24O2/c1-12-6-7-14(10-13(12)2)15(17)11-18-9-8-16(3,4)5/h6-7,10H,8-9,11H2,1-5H3. The summed E-state index contributed by atoms with van der Waals surface area (Å²) >= 11 is 0. The molecule has 1 aromatic carbocycles. The molecule has 0 aliphatic carbocycles. The maximum Gasteiger partial charge on any atom is 0.188 e. The lowest BCUT2D eigenvalue weighted by atomic mass is 9.93. The molecule has 0 aliphatic heterocycles. The van der Waals surface area contributed by atoms with Gasteiger partial charge in [0.2, 0.25) is 0 Å². The van der Waals surface area contributed by atoms with E-state index in [0.717, 1.165) is 17.5 Å². The Balaban J connectivity index is 2.43. The van der Waals surface area contributed by atoms with Gasteiger partial charge in [-0.3, -0.25) is 4.79 Å². The molecule has 2 heteroatoms. The second-order valence-electron chi connectivity index (χ2n) is 6.09. The van der Waals surface area contributed by atoms with Crippen molar-refractivity contribution in [2.24, 2.45) is 5.41 Å². The van der Waals surface area contributed by atoms with Crippen LogP contribution in [0.3, 0.4) is 0 Å². The molecule has 2 nitrogen and oxygen atoms in total. The van der Waals surface area contributed by atoms with Gasteiger partial charge in [0, 0.05) is 12.2 Å². The van der Waals surface area contributed by atoms with Crippen LogP contribution in [-0.4, -0.2) is 19.0 Å². The van der Waals surface area contributed by atoms with Crippen molar-refractivity contribution in [2.45, 2.75) is 41.0 Å². The average Bonchev–Trinajstić information content (AvgIpc) is 2.26. The van der Waals surface area contributed by atoms with Gasteiger partial charge in [-0.15, -0.1) is 0 Å². The maximum atomic E-state index is 11.9. The number of benzene rings is 1. The number of aryl methyl sites for hydroxylation is 2. The zero-order valence-electron chi connectivity index (χ0n) is 12.2. The highest BCUT2D eigenvalue weighted by atomic mass is 16.5. The topological polar surface area (TPSA) is 26.3 Å². The molecule has 0 fully saturated rings. The SMILES string of the molecule is Cc1ccc(C(=O)COCCC(C)(C)C)cc1C. The lowest BCUT2D eigenvalue weighted by molar-refractivity contribution is 0.0705. The van der Waals surface area contributed by atoms with E-state index >= 15 is 0 Å². The minimum atomic E-state index is 0.0620. The minimum Gasteiger partial charge on any atom is -0.373 e. The molecule has 0 aliphatic rings. The molecule has 0 spiro atoms. The quantitative estimate of drug-likeness (QED) is 0.583. The van der Waals surface area contributed by atoms with Crippen LogP contribution in [0.15, 0.2) is 18.2 Å². The van der Waals surface area contributed by atoms with E-state index in [2.05, 4.69) is 20.8 Å². The van der Waals surface area contributed by atoms with Crippen LogP contribution in [0.2, 0.25) is 0 Å². The Bertz CT molecular complexity index is 414. The first-order chi connectivity index (χ1) is 8.29. The van der Waals surface area contributed by atoms with Gasteiger partial charge in [-0.1, -0.05) is 32.9 Å². The Morgan fingerprint density at radius 3 is 2.39 bits per heavy atom. The number of hydrogen-bond donors (Lipinski definition) is 0. The fourth-order valence-corrected chi connectivity index (χ4v) is 1.54. The average molecular weight is 248 g/mol. The third-order valence-electron chi connectivity index (χ3n) is 3.06. The fourth-order valence-electron chi connectivity index (χ4n) is 1.54. The molecule has 0 heterocycles. The molecule has 0 saturated heterocycles. The van der Waals surface area contributed by atoms with Gasteiger partial charge in [-0.05, 0) is 42.9 Å². The predicted octanol–water partition coefficient (Wildman–Crippen LogP) is 3.94. The van der Waals surface area contributed by atoms with E-state index in [1.807, 2.05) is 32.0 Å². The Morgan fingerprint density at radius 1 is 1.17 bits per heavy atom. The summed E-state index contributed by atoms with van der Waals surface area (Å²) in [6, 6.07) is 5.79. The van der Waals surface area contributed by atoms with Crippen LogP contribution in [0.25, 0.3) is 0 Å². The highest BCUT2D eigenvalue weighted by molar-refractivity contribution is 5.97. The largest absolute Gasteiger partial charge is 0.373 e.